The van der Waals surface area contributed by atoms with Gasteiger partial charge in [0.1, 0.15) is 11.7 Å². The number of carbonyl (C=O) groups excluding carboxylic acids is 1. The SMILES string of the molecule is CC(CCC(=O)OC(C)(C)C)c1ccc(C#Cc2cnc(OC3CCC3)nc2)cc1. The van der Waals surface area contributed by atoms with E-state index in [1.165, 1.54) is 12.0 Å². The first-order valence-electron chi connectivity index (χ1n) is 10.6. The van der Waals surface area contributed by atoms with E-state index in [-0.39, 0.29) is 18.0 Å². The minimum atomic E-state index is -0.435. The lowest BCUT2D eigenvalue weighted by atomic mass is 9.95. The molecular weight excluding hydrogens is 376 g/mol. The Hall–Kier alpha value is -2.87. The lowest BCUT2D eigenvalue weighted by Gasteiger charge is -2.24. The third-order valence-electron chi connectivity index (χ3n) is 4.98. The average molecular weight is 407 g/mol. The molecule has 1 aliphatic carbocycles. The molecule has 0 bridgehead atoms. The highest BCUT2D eigenvalue weighted by molar-refractivity contribution is 5.69. The van der Waals surface area contributed by atoms with Crippen molar-refractivity contribution in [3.05, 3.63) is 53.3 Å². The molecule has 0 N–H and O–H groups in total. The smallest absolute Gasteiger partial charge is 0.316 e. The predicted octanol–water partition coefficient (Wildman–Crippen LogP) is 5.03. The first kappa shape index (κ1) is 21.8. The molecule has 1 unspecified atom stereocenters. The van der Waals surface area contributed by atoms with E-state index in [9.17, 15) is 4.79 Å². The Labute approximate surface area is 179 Å². The molecule has 0 saturated heterocycles. The molecule has 1 aromatic carbocycles. The highest BCUT2D eigenvalue weighted by Gasteiger charge is 2.20. The lowest BCUT2D eigenvalue weighted by Crippen LogP contribution is -2.25. The van der Waals surface area contributed by atoms with Gasteiger partial charge in [0.2, 0.25) is 0 Å². The molecular formula is C25H30N2O3. The summed E-state index contributed by atoms with van der Waals surface area (Å²) in [6.45, 7) is 7.78. The second kappa shape index (κ2) is 9.75. The molecule has 1 atom stereocenters. The highest BCUT2D eigenvalue weighted by atomic mass is 16.6. The van der Waals surface area contributed by atoms with Crippen LogP contribution in [0.3, 0.4) is 0 Å². The first-order chi connectivity index (χ1) is 14.3. The summed E-state index contributed by atoms with van der Waals surface area (Å²) in [5.74, 6) is 6.35. The zero-order chi connectivity index (χ0) is 21.6. The van der Waals surface area contributed by atoms with Gasteiger partial charge in [-0.15, -0.1) is 0 Å². The summed E-state index contributed by atoms with van der Waals surface area (Å²) in [5.41, 5.74) is 2.43. The van der Waals surface area contributed by atoms with E-state index in [0.717, 1.165) is 30.4 Å². The number of nitrogens with zero attached hydrogens (tertiary/aromatic N) is 2. The van der Waals surface area contributed by atoms with Crippen LogP contribution in [0, 0.1) is 11.8 Å². The van der Waals surface area contributed by atoms with Gasteiger partial charge in [-0.05, 0) is 70.1 Å². The van der Waals surface area contributed by atoms with Crippen LogP contribution in [-0.2, 0) is 9.53 Å². The third-order valence-corrected chi connectivity index (χ3v) is 4.98. The largest absolute Gasteiger partial charge is 0.460 e. The van der Waals surface area contributed by atoms with Crippen molar-refractivity contribution >= 4 is 5.97 Å². The zero-order valence-electron chi connectivity index (χ0n) is 18.3. The van der Waals surface area contributed by atoms with Crippen molar-refractivity contribution in [3.8, 4) is 17.9 Å². The fourth-order valence-corrected chi connectivity index (χ4v) is 3.01. The monoisotopic (exact) mass is 406 g/mol. The minimum absolute atomic E-state index is 0.150. The molecule has 0 amide bonds. The van der Waals surface area contributed by atoms with Gasteiger partial charge in [0.05, 0.1) is 5.56 Å². The molecule has 0 spiro atoms. The number of hydrogen-bond acceptors (Lipinski definition) is 5. The van der Waals surface area contributed by atoms with E-state index in [4.69, 9.17) is 9.47 Å². The standard InChI is InChI=1S/C25H30N2O3/c1-18(8-15-23(28)30-25(2,3)4)21-13-11-19(12-14-21)9-10-20-16-26-24(27-17-20)29-22-6-5-7-22/h11-14,16-18,22H,5-8,15H2,1-4H3. The summed E-state index contributed by atoms with van der Waals surface area (Å²) in [6.07, 6.45) is 8.22. The summed E-state index contributed by atoms with van der Waals surface area (Å²) in [4.78, 5) is 20.4. The molecule has 30 heavy (non-hydrogen) atoms. The van der Waals surface area contributed by atoms with E-state index >= 15 is 0 Å². The van der Waals surface area contributed by atoms with Crippen molar-refractivity contribution in [1.29, 1.82) is 0 Å². The maximum atomic E-state index is 11.9. The van der Waals surface area contributed by atoms with Gasteiger partial charge in [-0.3, -0.25) is 4.79 Å². The Bertz CT molecular complexity index is 899. The molecule has 1 fully saturated rings. The second-order valence-corrected chi connectivity index (χ2v) is 8.82. The summed E-state index contributed by atoms with van der Waals surface area (Å²) >= 11 is 0. The second-order valence-electron chi connectivity index (χ2n) is 8.82. The van der Waals surface area contributed by atoms with Gasteiger partial charge in [-0.25, -0.2) is 9.97 Å². The van der Waals surface area contributed by atoms with Gasteiger partial charge in [0, 0.05) is 24.4 Å². The molecule has 1 aliphatic rings. The van der Waals surface area contributed by atoms with E-state index in [0.29, 0.717) is 12.4 Å². The van der Waals surface area contributed by atoms with Gasteiger partial charge in [-0.1, -0.05) is 30.9 Å². The van der Waals surface area contributed by atoms with Crippen molar-refractivity contribution in [2.45, 2.75) is 77.4 Å². The van der Waals surface area contributed by atoms with Crippen LogP contribution in [0.25, 0.3) is 0 Å². The van der Waals surface area contributed by atoms with Gasteiger partial charge in [-0.2, -0.15) is 0 Å². The van der Waals surface area contributed by atoms with Crippen LogP contribution in [0.4, 0.5) is 0 Å². The highest BCUT2D eigenvalue weighted by Crippen LogP contribution is 2.23. The Kier molecular flexibility index (Phi) is 7.10. The molecule has 0 radical (unpaired) electrons. The Morgan fingerprint density at radius 3 is 2.30 bits per heavy atom. The molecule has 0 aliphatic heterocycles. The van der Waals surface area contributed by atoms with Crippen LogP contribution >= 0.6 is 0 Å². The number of esters is 1. The zero-order valence-corrected chi connectivity index (χ0v) is 18.3. The van der Waals surface area contributed by atoms with Crippen LogP contribution in [0.15, 0.2) is 36.7 Å². The fourth-order valence-electron chi connectivity index (χ4n) is 3.01. The number of ether oxygens (including phenoxy) is 2. The maximum absolute atomic E-state index is 11.9. The van der Waals surface area contributed by atoms with Crippen LogP contribution in [0.5, 0.6) is 6.01 Å². The predicted molar refractivity (Wildman–Crippen MR) is 116 cm³/mol. The Balaban J connectivity index is 1.51. The maximum Gasteiger partial charge on any atom is 0.316 e. The number of hydrogen-bond donors (Lipinski definition) is 0. The van der Waals surface area contributed by atoms with Gasteiger partial charge in [0.25, 0.3) is 0 Å². The van der Waals surface area contributed by atoms with Crippen molar-refractivity contribution in [2.75, 3.05) is 0 Å². The van der Waals surface area contributed by atoms with Crippen LogP contribution < -0.4 is 4.74 Å². The van der Waals surface area contributed by atoms with Crippen LogP contribution in [0.2, 0.25) is 0 Å². The van der Waals surface area contributed by atoms with E-state index < -0.39 is 5.60 Å². The summed E-state index contributed by atoms with van der Waals surface area (Å²) in [6, 6.07) is 8.56. The fraction of sp³-hybridized carbons (Fsp3) is 0.480. The molecule has 2 aromatic rings. The third kappa shape index (κ3) is 6.88. The topological polar surface area (TPSA) is 61.3 Å². The molecule has 3 rings (SSSR count). The molecule has 5 nitrogen and oxygen atoms in total. The average Bonchev–Trinajstić information content (AvgIpc) is 2.67. The quantitative estimate of drug-likeness (QED) is 0.497. The van der Waals surface area contributed by atoms with Crippen LogP contribution in [-0.4, -0.2) is 27.6 Å². The van der Waals surface area contributed by atoms with E-state index in [1.54, 1.807) is 12.4 Å². The van der Waals surface area contributed by atoms with Gasteiger partial charge >= 0.3 is 12.0 Å². The van der Waals surface area contributed by atoms with E-state index in [2.05, 4.69) is 40.9 Å². The first-order valence-corrected chi connectivity index (χ1v) is 10.6. The summed E-state index contributed by atoms with van der Waals surface area (Å²) in [5, 5.41) is 0. The van der Waals surface area contributed by atoms with Crippen molar-refractivity contribution in [1.82, 2.24) is 9.97 Å². The molecule has 1 saturated carbocycles. The van der Waals surface area contributed by atoms with Crippen molar-refractivity contribution < 1.29 is 14.3 Å². The summed E-state index contributed by atoms with van der Waals surface area (Å²) in [7, 11) is 0. The normalized spacial score (nSPS) is 14.8. The van der Waals surface area contributed by atoms with E-state index in [1.807, 2.05) is 32.9 Å². The Morgan fingerprint density at radius 2 is 1.73 bits per heavy atom. The van der Waals surface area contributed by atoms with Gasteiger partial charge < -0.3 is 9.47 Å². The number of benzene rings is 1. The number of aromatic nitrogens is 2. The number of carbonyl (C=O) groups is 1. The van der Waals surface area contributed by atoms with Gasteiger partial charge in [0.15, 0.2) is 0 Å². The molecule has 5 heteroatoms. The molecule has 158 valence electrons. The Morgan fingerprint density at radius 1 is 1.10 bits per heavy atom. The van der Waals surface area contributed by atoms with Crippen molar-refractivity contribution in [3.63, 3.8) is 0 Å². The lowest BCUT2D eigenvalue weighted by molar-refractivity contribution is -0.155. The van der Waals surface area contributed by atoms with Crippen molar-refractivity contribution in [2.24, 2.45) is 0 Å². The molecule has 1 aromatic heterocycles. The minimum Gasteiger partial charge on any atom is -0.460 e. The van der Waals surface area contributed by atoms with Crippen LogP contribution in [0.1, 0.15) is 82.4 Å². The summed E-state index contributed by atoms with van der Waals surface area (Å²) < 4.78 is 11.0. The molecule has 1 heterocycles. The number of rotatable bonds is 6.